The number of carbonyl (C=O) groups is 3. The van der Waals surface area contributed by atoms with Crippen LogP contribution in [0.2, 0.25) is 0 Å². The van der Waals surface area contributed by atoms with E-state index in [1.165, 1.54) is 167 Å². The second kappa shape index (κ2) is 60.9. The van der Waals surface area contributed by atoms with E-state index in [2.05, 4.69) is 112 Å². The number of allylic oxidation sites excluding steroid dienone is 16. The zero-order valence-electron chi connectivity index (χ0n) is 47.9. The third-order valence-electron chi connectivity index (χ3n) is 13.1. The predicted octanol–water partition coefficient (Wildman–Crippen LogP) is 20.9. The molecule has 0 saturated heterocycles. The van der Waals surface area contributed by atoms with E-state index in [4.69, 9.17) is 14.2 Å². The Morgan fingerprint density at radius 2 is 0.562 bits per heavy atom. The van der Waals surface area contributed by atoms with Crippen LogP contribution in [-0.4, -0.2) is 37.2 Å². The first-order valence-electron chi connectivity index (χ1n) is 30.7. The Balaban J connectivity index is 4.37. The Labute approximate surface area is 451 Å². The monoisotopic (exact) mass is 1010 g/mol. The average Bonchev–Trinajstić information content (AvgIpc) is 3.39. The van der Waals surface area contributed by atoms with Gasteiger partial charge in [0.05, 0.1) is 0 Å². The highest BCUT2D eigenvalue weighted by molar-refractivity contribution is 5.71. The summed E-state index contributed by atoms with van der Waals surface area (Å²) in [5.41, 5.74) is 0. The van der Waals surface area contributed by atoms with Gasteiger partial charge in [-0.25, -0.2) is 0 Å². The van der Waals surface area contributed by atoms with Crippen molar-refractivity contribution in [2.24, 2.45) is 0 Å². The van der Waals surface area contributed by atoms with Crippen LogP contribution in [-0.2, 0) is 28.6 Å². The third-order valence-corrected chi connectivity index (χ3v) is 13.1. The quantitative estimate of drug-likeness (QED) is 0.0261. The van der Waals surface area contributed by atoms with Gasteiger partial charge in [-0.05, 0) is 109 Å². The Morgan fingerprint density at radius 1 is 0.288 bits per heavy atom. The number of hydrogen-bond acceptors (Lipinski definition) is 6. The van der Waals surface area contributed by atoms with E-state index in [-0.39, 0.29) is 37.5 Å². The first-order valence-corrected chi connectivity index (χ1v) is 30.7. The fourth-order valence-corrected chi connectivity index (χ4v) is 8.46. The summed E-state index contributed by atoms with van der Waals surface area (Å²) in [4.78, 5) is 38.2. The van der Waals surface area contributed by atoms with Gasteiger partial charge in [-0.2, -0.15) is 0 Å². The van der Waals surface area contributed by atoms with Crippen molar-refractivity contribution >= 4 is 17.9 Å². The zero-order chi connectivity index (χ0) is 52.9. The van der Waals surface area contributed by atoms with Crippen LogP contribution in [0.25, 0.3) is 0 Å². The molecular formula is C67H114O6. The summed E-state index contributed by atoms with van der Waals surface area (Å²) in [5, 5.41) is 0. The summed E-state index contributed by atoms with van der Waals surface area (Å²) in [6.07, 6.45) is 81.4. The van der Waals surface area contributed by atoms with Crippen LogP contribution in [0.3, 0.4) is 0 Å². The fraction of sp³-hybridized carbons (Fsp3) is 0.716. The minimum Gasteiger partial charge on any atom is -0.462 e. The van der Waals surface area contributed by atoms with Crippen molar-refractivity contribution in [2.75, 3.05) is 13.2 Å². The highest BCUT2D eigenvalue weighted by Crippen LogP contribution is 2.15. The van der Waals surface area contributed by atoms with Crippen molar-refractivity contribution in [1.82, 2.24) is 0 Å². The van der Waals surface area contributed by atoms with E-state index >= 15 is 0 Å². The highest BCUT2D eigenvalue weighted by atomic mass is 16.6. The van der Waals surface area contributed by atoms with E-state index < -0.39 is 6.10 Å². The van der Waals surface area contributed by atoms with Crippen LogP contribution in [0.15, 0.2) is 97.2 Å². The molecule has 0 fully saturated rings. The van der Waals surface area contributed by atoms with Crippen molar-refractivity contribution in [3.8, 4) is 0 Å². The largest absolute Gasteiger partial charge is 0.462 e. The molecule has 0 aromatic heterocycles. The van der Waals surface area contributed by atoms with E-state index in [0.717, 1.165) is 77.0 Å². The van der Waals surface area contributed by atoms with Crippen LogP contribution in [0.4, 0.5) is 0 Å². The van der Waals surface area contributed by atoms with Crippen LogP contribution >= 0.6 is 0 Å². The van der Waals surface area contributed by atoms with Gasteiger partial charge in [0.1, 0.15) is 13.2 Å². The third kappa shape index (κ3) is 59.1. The van der Waals surface area contributed by atoms with Gasteiger partial charge >= 0.3 is 17.9 Å². The highest BCUT2D eigenvalue weighted by Gasteiger charge is 2.19. The second-order valence-corrected chi connectivity index (χ2v) is 20.2. The number of hydrogen-bond donors (Lipinski definition) is 0. The van der Waals surface area contributed by atoms with Crippen LogP contribution < -0.4 is 0 Å². The summed E-state index contributed by atoms with van der Waals surface area (Å²) in [7, 11) is 0. The van der Waals surface area contributed by atoms with E-state index in [1.807, 2.05) is 6.08 Å². The minimum atomic E-state index is -0.811. The number of rotatable bonds is 55. The number of esters is 3. The first-order chi connectivity index (χ1) is 36.0. The zero-order valence-corrected chi connectivity index (χ0v) is 47.9. The van der Waals surface area contributed by atoms with Gasteiger partial charge < -0.3 is 14.2 Å². The molecule has 0 aliphatic rings. The molecule has 0 aromatic rings. The maximum absolute atomic E-state index is 12.9. The van der Waals surface area contributed by atoms with E-state index in [9.17, 15) is 14.4 Å². The molecule has 0 aromatic carbocycles. The minimum absolute atomic E-state index is 0.103. The molecular weight excluding hydrogens is 901 g/mol. The lowest BCUT2D eigenvalue weighted by Gasteiger charge is -2.18. The summed E-state index contributed by atoms with van der Waals surface area (Å²) >= 11 is 0. The maximum atomic E-state index is 12.9. The molecule has 0 amide bonds. The van der Waals surface area contributed by atoms with Gasteiger partial charge in [0.25, 0.3) is 0 Å². The Kier molecular flexibility index (Phi) is 57.8. The van der Waals surface area contributed by atoms with Gasteiger partial charge in [0.15, 0.2) is 6.10 Å². The molecule has 6 nitrogen and oxygen atoms in total. The molecule has 73 heavy (non-hydrogen) atoms. The fourth-order valence-electron chi connectivity index (χ4n) is 8.46. The van der Waals surface area contributed by atoms with Crippen molar-refractivity contribution in [1.29, 1.82) is 0 Å². The lowest BCUT2D eigenvalue weighted by atomic mass is 10.1. The summed E-state index contributed by atoms with van der Waals surface area (Å²) < 4.78 is 16.8. The van der Waals surface area contributed by atoms with Crippen molar-refractivity contribution in [3.63, 3.8) is 0 Å². The van der Waals surface area contributed by atoms with Gasteiger partial charge in [0.2, 0.25) is 0 Å². The molecule has 0 saturated carbocycles. The van der Waals surface area contributed by atoms with Gasteiger partial charge in [-0.3, -0.25) is 14.4 Å². The molecule has 0 radical (unpaired) electrons. The van der Waals surface area contributed by atoms with Crippen molar-refractivity contribution in [3.05, 3.63) is 97.2 Å². The normalized spacial score (nSPS) is 12.8. The molecule has 1 atom stereocenters. The van der Waals surface area contributed by atoms with Crippen molar-refractivity contribution in [2.45, 2.75) is 297 Å². The smallest absolute Gasteiger partial charge is 0.306 e. The number of ether oxygens (including phenoxy) is 3. The first kappa shape index (κ1) is 69.3. The molecule has 0 spiro atoms. The number of carbonyl (C=O) groups excluding carboxylic acids is 3. The van der Waals surface area contributed by atoms with E-state index in [1.54, 1.807) is 0 Å². The van der Waals surface area contributed by atoms with Gasteiger partial charge in [-0.1, -0.05) is 259 Å². The van der Waals surface area contributed by atoms with Crippen molar-refractivity contribution < 1.29 is 28.6 Å². The number of unbranched alkanes of at least 4 members (excludes halogenated alkanes) is 28. The Bertz CT molecular complexity index is 1440. The van der Waals surface area contributed by atoms with Crippen LogP contribution in [0.1, 0.15) is 290 Å². The molecule has 0 aliphatic carbocycles. The van der Waals surface area contributed by atoms with E-state index in [0.29, 0.717) is 19.3 Å². The Hall–Kier alpha value is -3.67. The maximum Gasteiger partial charge on any atom is 0.306 e. The topological polar surface area (TPSA) is 78.9 Å². The predicted molar refractivity (Wildman–Crippen MR) is 316 cm³/mol. The summed E-state index contributed by atoms with van der Waals surface area (Å²) in [6.45, 7) is 6.45. The lowest BCUT2D eigenvalue weighted by Crippen LogP contribution is -2.30. The molecule has 0 bridgehead atoms. The second-order valence-electron chi connectivity index (χ2n) is 20.2. The Morgan fingerprint density at radius 3 is 0.932 bits per heavy atom. The molecule has 1 unspecified atom stereocenters. The molecule has 6 heteroatoms. The molecule has 0 aliphatic heterocycles. The standard InChI is InChI=1S/C67H114O6/c1-4-7-10-13-16-19-22-25-27-29-30-31-32-33-34-35-36-38-39-42-45-48-51-54-57-60-66(69)72-63-64(62-71-65(68)59-56-53-50-47-44-41-24-21-18-15-12-9-6-3)73-67(70)61-58-55-52-49-46-43-40-37-28-26-23-20-17-14-11-8-5-2/h9,12,18,21-22,25-26,28-30,32-33,41,44,50,53,64H,4-8,10-11,13-17,19-20,23-24,27,31,34-40,42-43,45-49,51-52,54-63H2,1-3H3/b12-9-,21-18-,25-22-,28-26-,30-29-,33-32-,44-41-,53-50-. The molecule has 418 valence electrons. The van der Waals surface area contributed by atoms with Crippen LogP contribution in [0, 0.1) is 0 Å². The van der Waals surface area contributed by atoms with Gasteiger partial charge in [0, 0.05) is 19.3 Å². The summed E-state index contributed by atoms with van der Waals surface area (Å²) in [6, 6.07) is 0. The lowest BCUT2D eigenvalue weighted by molar-refractivity contribution is -0.166. The van der Waals surface area contributed by atoms with Crippen LogP contribution in [0.5, 0.6) is 0 Å². The SMILES string of the molecule is CC/C=C\C/C=C\C/C=C\C/C=C\CCC(=O)OCC(COC(=O)CCCCCCCCCCCC/C=C\C/C=C\C/C=C\CCCCCCC)OC(=O)CCCCCCCCC/C=C\CCCCCCCC. The average molecular weight is 1020 g/mol. The molecule has 0 N–H and O–H groups in total. The molecule has 0 rings (SSSR count). The van der Waals surface area contributed by atoms with Gasteiger partial charge in [-0.15, -0.1) is 0 Å². The molecule has 0 heterocycles. The summed E-state index contributed by atoms with van der Waals surface area (Å²) in [5.74, 6) is -0.990.